The standard InChI is InChI=1S/C10H12ClN3O.C8H5ClN2O/c1-7-4-5-8(11)13-9(7)10(15)12-6-14(2)3;9-6-2-1-5-3-4-10-8(12)7(5)11-6/h4-6H,1-3H3;1-4H,(H,10,12). The van der Waals surface area contributed by atoms with Crippen molar-refractivity contribution in [2.24, 2.45) is 4.99 Å². The highest BCUT2D eigenvalue weighted by molar-refractivity contribution is 6.30. The third kappa shape index (κ3) is 5.87. The van der Waals surface area contributed by atoms with E-state index in [-0.39, 0.29) is 11.5 Å². The number of nitrogens with zero attached hydrogens (tertiary/aromatic N) is 4. The van der Waals surface area contributed by atoms with Gasteiger partial charge in [-0.3, -0.25) is 9.59 Å². The molecule has 3 rings (SSSR count). The van der Waals surface area contributed by atoms with Gasteiger partial charge in [0, 0.05) is 25.7 Å². The predicted molar refractivity (Wildman–Crippen MR) is 108 cm³/mol. The summed E-state index contributed by atoms with van der Waals surface area (Å²) >= 11 is 11.3. The van der Waals surface area contributed by atoms with Crippen molar-refractivity contribution in [3.8, 4) is 0 Å². The SMILES string of the molecule is Cc1ccc(Cl)nc1C(=O)N=CN(C)C.O=c1[nH]ccc2ccc(Cl)nc12. The number of aromatic amines is 1. The quantitative estimate of drug-likeness (QED) is 0.400. The number of carbonyl (C=O) groups excluding carboxylic acids is 1. The molecule has 0 spiro atoms. The number of aromatic nitrogens is 3. The molecular weight excluding hydrogens is 389 g/mol. The van der Waals surface area contributed by atoms with Gasteiger partial charge in [0.1, 0.15) is 21.5 Å². The van der Waals surface area contributed by atoms with Gasteiger partial charge < -0.3 is 9.88 Å². The number of fused-ring (bicyclic) bond motifs is 1. The first-order valence-electron chi connectivity index (χ1n) is 7.80. The van der Waals surface area contributed by atoms with E-state index in [0.717, 1.165) is 10.9 Å². The van der Waals surface area contributed by atoms with E-state index in [0.29, 0.717) is 21.5 Å². The lowest BCUT2D eigenvalue weighted by atomic mass is 10.2. The molecule has 0 radical (unpaired) electrons. The molecule has 3 aromatic rings. The highest BCUT2D eigenvalue weighted by atomic mass is 35.5. The first kappa shape index (κ1) is 20.5. The summed E-state index contributed by atoms with van der Waals surface area (Å²) in [7, 11) is 3.57. The molecule has 1 N–H and O–H groups in total. The van der Waals surface area contributed by atoms with Gasteiger partial charge in [0.25, 0.3) is 11.5 Å². The second-order valence-corrected chi connectivity index (χ2v) is 6.47. The number of hydrogen-bond donors (Lipinski definition) is 1. The van der Waals surface area contributed by atoms with E-state index < -0.39 is 0 Å². The number of hydrogen-bond acceptors (Lipinski definition) is 4. The summed E-state index contributed by atoms with van der Waals surface area (Å²) in [6.45, 7) is 1.79. The zero-order valence-electron chi connectivity index (χ0n) is 14.9. The Morgan fingerprint density at radius 3 is 2.48 bits per heavy atom. The van der Waals surface area contributed by atoms with Gasteiger partial charge in [-0.25, -0.2) is 9.97 Å². The fourth-order valence-electron chi connectivity index (χ4n) is 1.99. The van der Waals surface area contributed by atoms with Crippen LogP contribution in [0, 0.1) is 6.92 Å². The van der Waals surface area contributed by atoms with Crippen molar-refractivity contribution >= 4 is 46.4 Å². The van der Waals surface area contributed by atoms with Crippen LogP contribution in [-0.2, 0) is 0 Å². The number of H-pyrrole nitrogens is 1. The Kier molecular flexibility index (Phi) is 7.04. The number of rotatable bonds is 2. The summed E-state index contributed by atoms with van der Waals surface area (Å²) in [6.07, 6.45) is 3.02. The summed E-state index contributed by atoms with van der Waals surface area (Å²) in [4.78, 5) is 38.5. The number of aryl methyl sites for hydroxylation is 1. The van der Waals surface area contributed by atoms with E-state index >= 15 is 0 Å². The van der Waals surface area contributed by atoms with Crippen LogP contribution in [0.2, 0.25) is 10.3 Å². The van der Waals surface area contributed by atoms with Gasteiger partial charge in [-0.1, -0.05) is 29.3 Å². The lowest BCUT2D eigenvalue weighted by Crippen LogP contribution is -2.11. The Morgan fingerprint density at radius 1 is 1.11 bits per heavy atom. The molecule has 3 heterocycles. The Morgan fingerprint density at radius 2 is 1.78 bits per heavy atom. The number of carbonyl (C=O) groups is 1. The maximum absolute atomic E-state index is 11.6. The van der Waals surface area contributed by atoms with Gasteiger partial charge in [0.05, 0.1) is 6.34 Å². The van der Waals surface area contributed by atoms with Gasteiger partial charge in [-0.2, -0.15) is 4.99 Å². The number of pyridine rings is 3. The van der Waals surface area contributed by atoms with E-state index in [1.165, 1.54) is 6.34 Å². The molecule has 0 unspecified atom stereocenters. The van der Waals surface area contributed by atoms with Crippen LogP contribution in [0.25, 0.3) is 10.9 Å². The fraction of sp³-hybridized carbons (Fsp3) is 0.167. The molecule has 0 saturated carbocycles. The van der Waals surface area contributed by atoms with Gasteiger partial charge in [0.2, 0.25) is 0 Å². The van der Waals surface area contributed by atoms with Crippen LogP contribution in [-0.4, -0.2) is 46.2 Å². The summed E-state index contributed by atoms with van der Waals surface area (Å²) < 4.78 is 0. The molecule has 3 aromatic heterocycles. The molecule has 0 saturated heterocycles. The molecule has 9 heteroatoms. The molecule has 1 amide bonds. The van der Waals surface area contributed by atoms with Crippen molar-refractivity contribution in [3.05, 3.63) is 68.4 Å². The second-order valence-electron chi connectivity index (χ2n) is 5.69. The minimum absolute atomic E-state index is 0.213. The van der Waals surface area contributed by atoms with E-state index in [9.17, 15) is 9.59 Å². The van der Waals surface area contributed by atoms with Crippen LogP contribution in [0.5, 0.6) is 0 Å². The van der Waals surface area contributed by atoms with Gasteiger partial charge in [0.15, 0.2) is 0 Å². The maximum Gasteiger partial charge on any atom is 0.297 e. The van der Waals surface area contributed by atoms with Gasteiger partial charge in [-0.05, 0) is 36.8 Å². The summed E-state index contributed by atoms with van der Waals surface area (Å²) in [5.74, 6) is -0.385. The van der Waals surface area contributed by atoms with Crippen molar-refractivity contribution in [3.63, 3.8) is 0 Å². The van der Waals surface area contributed by atoms with Crippen molar-refractivity contribution in [1.29, 1.82) is 0 Å². The van der Waals surface area contributed by atoms with Gasteiger partial charge >= 0.3 is 0 Å². The summed E-state index contributed by atoms with van der Waals surface area (Å²) in [6, 6.07) is 8.58. The molecule has 0 fully saturated rings. The average molecular weight is 406 g/mol. The number of amides is 1. The highest BCUT2D eigenvalue weighted by Gasteiger charge is 2.09. The van der Waals surface area contributed by atoms with Gasteiger partial charge in [-0.15, -0.1) is 0 Å². The monoisotopic (exact) mass is 405 g/mol. The molecular formula is C18H17Cl2N5O2. The first-order valence-corrected chi connectivity index (χ1v) is 8.55. The normalized spacial score (nSPS) is 10.6. The van der Waals surface area contributed by atoms with Crippen LogP contribution in [0.3, 0.4) is 0 Å². The summed E-state index contributed by atoms with van der Waals surface area (Å²) in [5.41, 5.74) is 1.22. The zero-order chi connectivity index (χ0) is 20.0. The molecule has 0 aliphatic rings. The minimum atomic E-state index is -0.385. The third-order valence-electron chi connectivity index (χ3n) is 3.26. The van der Waals surface area contributed by atoms with E-state index in [2.05, 4.69) is 19.9 Å². The average Bonchev–Trinajstić information content (AvgIpc) is 2.63. The van der Waals surface area contributed by atoms with Crippen LogP contribution in [0.1, 0.15) is 16.1 Å². The lowest BCUT2D eigenvalue weighted by molar-refractivity contribution is 0.0997. The smallest absolute Gasteiger partial charge is 0.297 e. The van der Waals surface area contributed by atoms with Crippen LogP contribution < -0.4 is 5.56 Å². The molecule has 7 nitrogen and oxygen atoms in total. The van der Waals surface area contributed by atoms with Crippen LogP contribution >= 0.6 is 23.2 Å². The topological polar surface area (TPSA) is 91.3 Å². The third-order valence-corrected chi connectivity index (χ3v) is 3.68. The number of nitrogens with one attached hydrogen (secondary N) is 1. The highest BCUT2D eigenvalue weighted by Crippen LogP contribution is 2.11. The van der Waals surface area contributed by atoms with Crippen molar-refractivity contribution in [2.45, 2.75) is 6.92 Å². The second kappa shape index (κ2) is 9.25. The predicted octanol–water partition coefficient (Wildman–Crippen LogP) is 3.35. The van der Waals surface area contributed by atoms with Crippen molar-refractivity contribution in [1.82, 2.24) is 19.9 Å². The summed E-state index contributed by atoms with van der Waals surface area (Å²) in [5, 5.41) is 1.42. The largest absolute Gasteiger partial charge is 0.369 e. The van der Waals surface area contributed by atoms with E-state index in [1.54, 1.807) is 62.4 Å². The molecule has 0 bridgehead atoms. The number of halogens is 2. The van der Waals surface area contributed by atoms with Crippen molar-refractivity contribution < 1.29 is 4.79 Å². The molecule has 140 valence electrons. The fourth-order valence-corrected chi connectivity index (χ4v) is 2.28. The maximum atomic E-state index is 11.6. The zero-order valence-corrected chi connectivity index (χ0v) is 16.4. The molecule has 0 atom stereocenters. The molecule has 0 aromatic carbocycles. The van der Waals surface area contributed by atoms with E-state index in [1.807, 2.05) is 0 Å². The molecule has 0 aliphatic heterocycles. The Labute approximate surface area is 165 Å². The van der Waals surface area contributed by atoms with Crippen molar-refractivity contribution in [2.75, 3.05) is 14.1 Å². The Hall–Kier alpha value is -2.77. The Bertz CT molecular complexity index is 1050. The van der Waals surface area contributed by atoms with E-state index in [4.69, 9.17) is 23.2 Å². The molecule has 0 aliphatic carbocycles. The Balaban J connectivity index is 0.000000198. The molecule has 27 heavy (non-hydrogen) atoms. The minimum Gasteiger partial charge on any atom is -0.369 e. The van der Waals surface area contributed by atoms with Crippen LogP contribution in [0.4, 0.5) is 0 Å². The van der Waals surface area contributed by atoms with Crippen LogP contribution in [0.15, 0.2) is 46.3 Å². The lowest BCUT2D eigenvalue weighted by Gasteiger charge is -2.03. The number of aliphatic imine (C=N–C) groups is 1. The first-order chi connectivity index (χ1) is 12.8.